The van der Waals surface area contributed by atoms with Crippen molar-refractivity contribution in [3.05, 3.63) is 42.2 Å². The summed E-state index contributed by atoms with van der Waals surface area (Å²) in [6.45, 7) is 4.39. The van der Waals surface area contributed by atoms with E-state index in [0.29, 0.717) is 5.92 Å². The maximum atomic E-state index is 10.3. The summed E-state index contributed by atoms with van der Waals surface area (Å²) in [5, 5.41) is 12.5. The van der Waals surface area contributed by atoms with Gasteiger partial charge in [-0.05, 0) is 17.1 Å². The summed E-state index contributed by atoms with van der Waals surface area (Å²) in [7, 11) is 0. The largest absolute Gasteiger partial charge is 0.387 e. The van der Waals surface area contributed by atoms with Crippen molar-refractivity contribution in [1.82, 2.24) is 4.98 Å². The topological polar surface area (TPSA) is 33.1 Å². The lowest BCUT2D eigenvalue weighted by atomic mass is 10.0. The van der Waals surface area contributed by atoms with Crippen molar-refractivity contribution in [3.63, 3.8) is 0 Å². The van der Waals surface area contributed by atoms with Crippen LogP contribution in [-0.2, 0) is 0 Å². The zero-order chi connectivity index (χ0) is 13.0. The molecule has 1 atom stereocenters. The number of hydrogen-bond acceptors (Lipinski definition) is 3. The van der Waals surface area contributed by atoms with Gasteiger partial charge < -0.3 is 5.11 Å². The number of benzene rings is 1. The molecule has 1 N–H and O–H groups in total. The monoisotopic (exact) mass is 261 g/mol. The molecule has 0 radical (unpaired) electrons. The van der Waals surface area contributed by atoms with Crippen LogP contribution in [0.4, 0.5) is 0 Å². The second-order valence-electron chi connectivity index (χ2n) is 4.90. The Morgan fingerprint density at radius 1 is 1.17 bits per heavy atom. The molecule has 2 aromatic rings. The van der Waals surface area contributed by atoms with E-state index in [1.165, 1.54) is 0 Å². The number of rotatable bonds is 5. The lowest BCUT2D eigenvalue weighted by Crippen LogP contribution is -2.04. The average Bonchev–Trinajstić information content (AvgIpc) is 2.37. The SMILES string of the molecule is CC(C)CSCC(O)c1cncc2ccccc12. The molecule has 0 bridgehead atoms. The molecule has 0 amide bonds. The van der Waals surface area contributed by atoms with E-state index in [9.17, 15) is 5.11 Å². The summed E-state index contributed by atoms with van der Waals surface area (Å²) >= 11 is 1.80. The summed E-state index contributed by atoms with van der Waals surface area (Å²) in [6.07, 6.45) is 3.18. The molecule has 1 aromatic heterocycles. The van der Waals surface area contributed by atoms with E-state index in [2.05, 4.69) is 18.8 Å². The molecule has 0 aliphatic heterocycles. The van der Waals surface area contributed by atoms with Crippen LogP contribution in [0.15, 0.2) is 36.7 Å². The van der Waals surface area contributed by atoms with E-state index in [0.717, 1.165) is 27.8 Å². The maximum Gasteiger partial charge on any atom is 0.0901 e. The minimum atomic E-state index is -0.438. The first-order valence-electron chi connectivity index (χ1n) is 6.27. The molecule has 0 spiro atoms. The molecule has 96 valence electrons. The summed E-state index contributed by atoms with van der Waals surface area (Å²) in [6, 6.07) is 8.07. The molecule has 0 saturated carbocycles. The number of hydrogen-bond donors (Lipinski definition) is 1. The van der Waals surface area contributed by atoms with E-state index in [1.807, 2.05) is 30.5 Å². The second kappa shape index (κ2) is 6.21. The minimum absolute atomic E-state index is 0.438. The van der Waals surface area contributed by atoms with Gasteiger partial charge in [0.2, 0.25) is 0 Å². The quantitative estimate of drug-likeness (QED) is 0.891. The molecule has 0 aliphatic rings. The molecule has 18 heavy (non-hydrogen) atoms. The lowest BCUT2D eigenvalue weighted by Gasteiger charge is -2.13. The fourth-order valence-corrected chi connectivity index (χ4v) is 2.92. The second-order valence-corrected chi connectivity index (χ2v) is 5.97. The van der Waals surface area contributed by atoms with Crippen molar-refractivity contribution >= 4 is 22.5 Å². The van der Waals surface area contributed by atoms with Crippen molar-refractivity contribution in [2.24, 2.45) is 5.92 Å². The van der Waals surface area contributed by atoms with Gasteiger partial charge in [0.25, 0.3) is 0 Å². The Hall–Kier alpha value is -1.06. The smallest absolute Gasteiger partial charge is 0.0901 e. The Bertz CT molecular complexity index is 507. The molecule has 0 saturated heterocycles. The van der Waals surface area contributed by atoms with Gasteiger partial charge in [0.05, 0.1) is 6.10 Å². The Kier molecular flexibility index (Phi) is 4.61. The van der Waals surface area contributed by atoms with Crippen LogP contribution in [0.2, 0.25) is 0 Å². The number of aliphatic hydroxyl groups is 1. The molecule has 1 aromatic carbocycles. The normalized spacial score (nSPS) is 13.1. The van der Waals surface area contributed by atoms with Gasteiger partial charge in [0, 0.05) is 29.1 Å². The van der Waals surface area contributed by atoms with Crippen molar-refractivity contribution < 1.29 is 5.11 Å². The highest BCUT2D eigenvalue weighted by Crippen LogP contribution is 2.26. The Balaban J connectivity index is 2.15. The molecule has 2 rings (SSSR count). The van der Waals surface area contributed by atoms with Gasteiger partial charge in [-0.15, -0.1) is 0 Å². The van der Waals surface area contributed by atoms with Crippen molar-refractivity contribution in [3.8, 4) is 0 Å². The van der Waals surface area contributed by atoms with Gasteiger partial charge in [-0.25, -0.2) is 0 Å². The van der Waals surface area contributed by atoms with Crippen LogP contribution in [0.1, 0.15) is 25.5 Å². The van der Waals surface area contributed by atoms with Gasteiger partial charge in [0.15, 0.2) is 0 Å². The number of aromatic nitrogens is 1. The third-order valence-corrected chi connectivity index (χ3v) is 4.24. The number of aliphatic hydroxyl groups excluding tert-OH is 1. The van der Waals surface area contributed by atoms with E-state index in [-0.39, 0.29) is 0 Å². The van der Waals surface area contributed by atoms with E-state index >= 15 is 0 Å². The Morgan fingerprint density at radius 3 is 2.72 bits per heavy atom. The first-order chi connectivity index (χ1) is 8.68. The van der Waals surface area contributed by atoms with Gasteiger partial charge >= 0.3 is 0 Å². The number of pyridine rings is 1. The first-order valence-corrected chi connectivity index (χ1v) is 7.42. The van der Waals surface area contributed by atoms with Crippen LogP contribution >= 0.6 is 11.8 Å². The number of nitrogens with zero attached hydrogens (tertiary/aromatic N) is 1. The van der Waals surface area contributed by atoms with Gasteiger partial charge in [0.1, 0.15) is 0 Å². The predicted octanol–water partition coefficient (Wildman–Crippen LogP) is 3.66. The molecular weight excluding hydrogens is 242 g/mol. The maximum absolute atomic E-state index is 10.3. The number of fused-ring (bicyclic) bond motifs is 1. The van der Waals surface area contributed by atoms with Crippen molar-refractivity contribution in [2.45, 2.75) is 20.0 Å². The third-order valence-electron chi connectivity index (χ3n) is 2.78. The van der Waals surface area contributed by atoms with E-state index in [4.69, 9.17) is 0 Å². The fourth-order valence-electron chi connectivity index (χ4n) is 1.91. The summed E-state index contributed by atoms with van der Waals surface area (Å²) in [5.41, 5.74) is 0.935. The Labute approximate surface area is 112 Å². The van der Waals surface area contributed by atoms with Crippen LogP contribution < -0.4 is 0 Å². The minimum Gasteiger partial charge on any atom is -0.387 e. The highest BCUT2D eigenvalue weighted by Gasteiger charge is 2.11. The van der Waals surface area contributed by atoms with Gasteiger partial charge in [-0.1, -0.05) is 38.1 Å². The van der Waals surface area contributed by atoms with Crippen LogP contribution in [0.3, 0.4) is 0 Å². The molecule has 1 heterocycles. The summed E-state index contributed by atoms with van der Waals surface area (Å²) in [5.74, 6) is 2.47. The van der Waals surface area contributed by atoms with Gasteiger partial charge in [-0.2, -0.15) is 11.8 Å². The fraction of sp³-hybridized carbons (Fsp3) is 0.400. The van der Waals surface area contributed by atoms with Crippen LogP contribution in [0.25, 0.3) is 10.8 Å². The zero-order valence-corrected chi connectivity index (χ0v) is 11.7. The summed E-state index contributed by atoms with van der Waals surface area (Å²) in [4.78, 5) is 4.21. The molecular formula is C15H19NOS. The highest BCUT2D eigenvalue weighted by molar-refractivity contribution is 7.99. The van der Waals surface area contributed by atoms with E-state index in [1.54, 1.807) is 18.0 Å². The van der Waals surface area contributed by atoms with E-state index < -0.39 is 6.10 Å². The standard InChI is InChI=1S/C15H19NOS/c1-11(2)9-18-10-15(17)14-8-16-7-12-5-3-4-6-13(12)14/h3-8,11,15,17H,9-10H2,1-2H3. The third kappa shape index (κ3) is 3.24. The predicted molar refractivity (Wildman–Crippen MR) is 78.9 cm³/mol. The molecule has 0 fully saturated rings. The van der Waals surface area contributed by atoms with Gasteiger partial charge in [-0.3, -0.25) is 4.98 Å². The first kappa shape index (κ1) is 13.4. The highest BCUT2D eigenvalue weighted by atomic mass is 32.2. The van der Waals surface area contributed by atoms with Crippen molar-refractivity contribution in [2.75, 3.05) is 11.5 Å². The molecule has 2 nitrogen and oxygen atoms in total. The zero-order valence-electron chi connectivity index (χ0n) is 10.8. The average molecular weight is 261 g/mol. The molecule has 3 heteroatoms. The molecule has 1 unspecified atom stereocenters. The van der Waals surface area contributed by atoms with Crippen molar-refractivity contribution in [1.29, 1.82) is 0 Å². The summed E-state index contributed by atoms with van der Waals surface area (Å²) < 4.78 is 0. The van der Waals surface area contributed by atoms with Crippen LogP contribution in [0.5, 0.6) is 0 Å². The van der Waals surface area contributed by atoms with Crippen LogP contribution in [-0.4, -0.2) is 21.6 Å². The van der Waals surface area contributed by atoms with Crippen LogP contribution in [0, 0.1) is 5.92 Å². The molecule has 0 aliphatic carbocycles. The lowest BCUT2D eigenvalue weighted by molar-refractivity contribution is 0.205. The Morgan fingerprint density at radius 2 is 1.94 bits per heavy atom. The number of thioether (sulfide) groups is 1.